The van der Waals surface area contributed by atoms with Crippen LogP contribution in [-0.4, -0.2) is 149 Å². The molecular weight excluding hydrogens is 716 g/mol. The van der Waals surface area contributed by atoms with Crippen molar-refractivity contribution in [1.82, 2.24) is 25.3 Å². The van der Waals surface area contributed by atoms with Crippen molar-refractivity contribution in [3.63, 3.8) is 0 Å². The predicted octanol–water partition coefficient (Wildman–Crippen LogP) is 3.84. The zero-order valence-electron chi connectivity index (χ0n) is 36.7. The van der Waals surface area contributed by atoms with E-state index in [1.807, 2.05) is 60.5 Å². The van der Waals surface area contributed by atoms with E-state index in [1.165, 1.54) is 7.11 Å². The first-order valence-corrected chi connectivity index (χ1v) is 19.9. The summed E-state index contributed by atoms with van der Waals surface area (Å²) < 4.78 is 23.1. The quantitative estimate of drug-likeness (QED) is 0.148. The van der Waals surface area contributed by atoms with Crippen LogP contribution in [0.25, 0.3) is 0 Å². The van der Waals surface area contributed by atoms with Crippen LogP contribution < -0.4 is 15.4 Å². The highest BCUT2D eigenvalue weighted by molar-refractivity contribution is 6.04. The number of likely N-dealkylation sites (tertiary alicyclic amines) is 1. The van der Waals surface area contributed by atoms with Crippen molar-refractivity contribution in [2.24, 2.45) is 23.7 Å². The van der Waals surface area contributed by atoms with Crippen molar-refractivity contribution in [1.29, 1.82) is 5.41 Å². The van der Waals surface area contributed by atoms with Crippen LogP contribution in [0.4, 0.5) is 0 Å². The number of benzene rings is 1. The van der Waals surface area contributed by atoms with Gasteiger partial charge < -0.3 is 44.8 Å². The van der Waals surface area contributed by atoms with E-state index in [9.17, 15) is 19.2 Å². The van der Waals surface area contributed by atoms with E-state index in [0.29, 0.717) is 24.3 Å². The molecule has 1 aromatic rings. The van der Waals surface area contributed by atoms with Gasteiger partial charge in [0.05, 0.1) is 67.6 Å². The summed E-state index contributed by atoms with van der Waals surface area (Å²) in [6, 6.07) is 4.37. The average Bonchev–Trinajstić information content (AvgIpc) is 3.59. The van der Waals surface area contributed by atoms with Gasteiger partial charge in [0, 0.05) is 40.5 Å². The third kappa shape index (κ3) is 12.2. The molecule has 3 N–H and O–H groups in total. The van der Waals surface area contributed by atoms with Gasteiger partial charge in [-0.3, -0.25) is 24.1 Å². The van der Waals surface area contributed by atoms with Gasteiger partial charge in [0.15, 0.2) is 0 Å². The second-order valence-electron chi connectivity index (χ2n) is 16.3. The average molecular weight is 789 g/mol. The minimum absolute atomic E-state index is 0.0312. The number of nitrogens with zero attached hydrogens (tertiary/aromatic N) is 3. The number of likely N-dealkylation sites (N-methyl/N-ethyl adjacent to an activating group) is 2. The molecule has 0 aromatic heterocycles. The summed E-state index contributed by atoms with van der Waals surface area (Å²) in [6.45, 7) is 15.6. The van der Waals surface area contributed by atoms with Crippen molar-refractivity contribution in [3.8, 4) is 5.75 Å². The Morgan fingerprint density at radius 2 is 1.55 bits per heavy atom. The highest BCUT2D eigenvalue weighted by Crippen LogP contribution is 2.31. The Morgan fingerprint density at radius 3 is 2.05 bits per heavy atom. The summed E-state index contributed by atoms with van der Waals surface area (Å²) in [7, 11) is 11.7. The molecule has 10 atom stereocenters. The minimum Gasteiger partial charge on any atom is -0.497 e. The first kappa shape index (κ1) is 48.6. The van der Waals surface area contributed by atoms with E-state index < -0.39 is 48.3 Å². The molecule has 0 saturated carbocycles. The van der Waals surface area contributed by atoms with E-state index in [2.05, 4.69) is 10.6 Å². The molecule has 1 saturated heterocycles. The van der Waals surface area contributed by atoms with Crippen LogP contribution in [0.5, 0.6) is 5.75 Å². The van der Waals surface area contributed by atoms with E-state index in [4.69, 9.17) is 24.4 Å². The Bertz CT molecular complexity index is 1450. The summed E-state index contributed by atoms with van der Waals surface area (Å²) in [5.41, 5.74) is 0.865. The molecule has 0 aliphatic carbocycles. The lowest BCUT2D eigenvalue weighted by Gasteiger charge is -2.41. The molecule has 14 heteroatoms. The second-order valence-corrected chi connectivity index (χ2v) is 16.3. The van der Waals surface area contributed by atoms with E-state index in [1.54, 1.807) is 76.3 Å². The zero-order valence-corrected chi connectivity index (χ0v) is 36.7. The van der Waals surface area contributed by atoms with E-state index in [0.717, 1.165) is 6.42 Å². The minimum atomic E-state index is -0.782. The zero-order chi connectivity index (χ0) is 42.6. The summed E-state index contributed by atoms with van der Waals surface area (Å²) in [5.74, 6) is -1.26. The SMILES string of the molecule is CC[C@H](C)[C@@H]([C@@H](CC(=O)N1C[C@H](OC)CC1[C@H](OC)[C@@H](C)C(=O)N[C@H](C)C(=N)c1cccc(OC)c1)OC)N(C)C(=O)[C@@H](NC(=O)[C@H](C(C)C)N(C)C)C(C)C. The van der Waals surface area contributed by atoms with Crippen LogP contribution in [-0.2, 0) is 33.4 Å². The van der Waals surface area contributed by atoms with Gasteiger partial charge >= 0.3 is 0 Å². The van der Waals surface area contributed by atoms with Crippen molar-refractivity contribution in [2.75, 3.05) is 56.1 Å². The topological polar surface area (TPSA) is 163 Å². The van der Waals surface area contributed by atoms with Gasteiger partial charge in [-0.15, -0.1) is 0 Å². The third-order valence-electron chi connectivity index (χ3n) is 11.5. The maximum atomic E-state index is 14.4. The number of rotatable bonds is 22. The Labute approximate surface area is 336 Å². The highest BCUT2D eigenvalue weighted by atomic mass is 16.5. The van der Waals surface area contributed by atoms with Gasteiger partial charge in [-0.2, -0.15) is 0 Å². The Hall–Kier alpha value is -3.59. The van der Waals surface area contributed by atoms with Crippen LogP contribution >= 0.6 is 0 Å². The molecule has 0 radical (unpaired) electrons. The normalized spacial score (nSPS) is 20.1. The van der Waals surface area contributed by atoms with Crippen molar-refractivity contribution in [3.05, 3.63) is 29.8 Å². The molecule has 0 spiro atoms. The number of hydrogen-bond donors (Lipinski definition) is 3. The van der Waals surface area contributed by atoms with Gasteiger partial charge in [-0.05, 0) is 57.3 Å². The van der Waals surface area contributed by atoms with Gasteiger partial charge in [0.25, 0.3) is 0 Å². The van der Waals surface area contributed by atoms with Gasteiger partial charge in [0.1, 0.15) is 11.8 Å². The number of methoxy groups -OCH3 is 4. The second kappa shape index (κ2) is 22.4. The summed E-state index contributed by atoms with van der Waals surface area (Å²) in [6.07, 6.45) is -0.489. The fourth-order valence-electron chi connectivity index (χ4n) is 8.02. The lowest BCUT2D eigenvalue weighted by Crippen LogP contribution is -2.59. The molecule has 1 unspecified atom stereocenters. The number of ether oxygens (including phenoxy) is 4. The monoisotopic (exact) mass is 789 g/mol. The molecule has 56 heavy (non-hydrogen) atoms. The first-order chi connectivity index (χ1) is 26.3. The van der Waals surface area contributed by atoms with Crippen LogP contribution in [0.1, 0.15) is 80.2 Å². The Kier molecular flexibility index (Phi) is 19.4. The first-order valence-electron chi connectivity index (χ1n) is 19.9. The Morgan fingerprint density at radius 1 is 0.911 bits per heavy atom. The number of carbonyl (C=O) groups excluding carboxylic acids is 4. The predicted molar refractivity (Wildman–Crippen MR) is 219 cm³/mol. The standard InChI is InChI=1S/C42H72N6O8/c1-16-26(6)38(47(11)42(52)36(24(2)3)45-41(51)37(25(4)5)46(9)10)33(55-14)22-34(49)48-23-31(54-13)21-32(48)39(56-15)27(7)40(50)44-28(8)35(43)29-18-17-19-30(20-29)53-12/h17-20,24-28,31-33,36-39,43H,16,21-23H2,1-15H3,(H,44,50)(H,45,51)/t26-,27+,28+,31+,32?,33+,36-,37-,38-,39+/m0/s1. The number of hydrogen-bond acceptors (Lipinski definition) is 10. The highest BCUT2D eigenvalue weighted by Gasteiger charge is 2.46. The fourth-order valence-corrected chi connectivity index (χ4v) is 8.02. The van der Waals surface area contributed by atoms with Gasteiger partial charge in [0.2, 0.25) is 23.6 Å². The van der Waals surface area contributed by atoms with E-state index in [-0.39, 0.29) is 59.6 Å². The summed E-state index contributed by atoms with van der Waals surface area (Å²) in [4.78, 5) is 61.1. The molecule has 0 bridgehead atoms. The maximum absolute atomic E-state index is 14.4. The van der Waals surface area contributed by atoms with Crippen LogP contribution in [0, 0.1) is 29.1 Å². The van der Waals surface area contributed by atoms with Crippen molar-refractivity contribution in [2.45, 2.75) is 123 Å². The molecule has 1 fully saturated rings. The van der Waals surface area contributed by atoms with Crippen LogP contribution in [0.3, 0.4) is 0 Å². The molecule has 1 aromatic carbocycles. The maximum Gasteiger partial charge on any atom is 0.245 e. The molecule has 1 aliphatic rings. The lowest BCUT2D eigenvalue weighted by atomic mass is 9.89. The molecule has 1 heterocycles. The van der Waals surface area contributed by atoms with Crippen LogP contribution in [0.15, 0.2) is 24.3 Å². The molecule has 4 amide bonds. The van der Waals surface area contributed by atoms with E-state index >= 15 is 0 Å². The molecular formula is C42H72N6O8. The number of nitrogens with one attached hydrogen (secondary N) is 3. The smallest absolute Gasteiger partial charge is 0.245 e. The molecule has 318 valence electrons. The van der Waals surface area contributed by atoms with Gasteiger partial charge in [-0.1, -0.05) is 67.0 Å². The van der Waals surface area contributed by atoms with Gasteiger partial charge in [-0.25, -0.2) is 0 Å². The lowest BCUT2D eigenvalue weighted by molar-refractivity contribution is -0.148. The molecule has 1 aliphatic heterocycles. The van der Waals surface area contributed by atoms with Crippen LogP contribution in [0.2, 0.25) is 0 Å². The Balaban J connectivity index is 2.34. The summed E-state index contributed by atoms with van der Waals surface area (Å²) in [5, 5.41) is 14.7. The van der Waals surface area contributed by atoms with Crippen molar-refractivity contribution < 1.29 is 38.1 Å². The molecule has 14 nitrogen and oxygen atoms in total. The largest absolute Gasteiger partial charge is 0.497 e. The summed E-state index contributed by atoms with van der Waals surface area (Å²) >= 11 is 0. The third-order valence-corrected chi connectivity index (χ3v) is 11.5. The molecule has 2 rings (SSSR count). The number of carbonyl (C=O) groups is 4. The number of amides is 4. The fraction of sp³-hybridized carbons (Fsp3) is 0.738. The van der Waals surface area contributed by atoms with Crippen molar-refractivity contribution >= 4 is 29.3 Å².